The third-order valence-corrected chi connectivity index (χ3v) is 31.1. The molecule has 0 atom stereocenters. The van der Waals surface area contributed by atoms with Crippen LogP contribution in [0.2, 0.25) is 0 Å². The lowest BCUT2D eigenvalue weighted by molar-refractivity contribution is -0.385. The third kappa shape index (κ3) is 20.6. The first-order valence-corrected chi connectivity index (χ1v) is 45.9. The molecule has 704 valence electrons. The summed E-state index contributed by atoms with van der Waals surface area (Å²) >= 11 is 6.78. The molecule has 9 aromatic carbocycles. The van der Waals surface area contributed by atoms with Gasteiger partial charge in [-0.05, 0) is 431 Å². The highest BCUT2D eigenvalue weighted by Crippen LogP contribution is 2.53. The number of esters is 2. The molecule has 2 aromatic heterocycles. The molecule has 1 aliphatic carbocycles. The number of nitro benzene ring substituents is 2. The van der Waals surface area contributed by atoms with Gasteiger partial charge in [-0.15, -0.1) is 0 Å². The number of benzene rings is 9. The van der Waals surface area contributed by atoms with Crippen molar-refractivity contribution < 1.29 is 66.8 Å². The SMILES string of the molecule is CCC(=O)CC.CCC1=C(C)C(CC)(CC)Cc2c(C)c(C)c3c(c21)c(=O)oc1c(C)c(C)c(C)c(C)c13.COC(=O)c1cc([N+](=O)[O-])c(C)c(C)c1-c1c(C)c(C)c(C)c(C)c1OC.COC(=O)c1cc([N+](=O)[O-])c(C)c(C)c1Br.COc1c(C)c(C)c(C)c(C)c1B(O)O.COc1c(C)c(C)c(C)c(C)c1Br.Cc1c(C)c(C)c2c(oc(=O)c3cc(N)c(C)c(C)c32)c1C. The van der Waals surface area contributed by atoms with Crippen molar-refractivity contribution in [2.75, 3.05) is 41.3 Å². The van der Waals surface area contributed by atoms with Crippen molar-refractivity contribution in [2.45, 2.75) is 274 Å². The minimum Gasteiger partial charge on any atom is -0.497 e. The number of nitro groups is 2. The second-order valence-electron chi connectivity index (χ2n) is 34.7. The summed E-state index contributed by atoms with van der Waals surface area (Å²) in [4.78, 5) is 81.5. The number of nitrogens with zero attached hydrogens (tertiary/aromatic N) is 2. The minimum atomic E-state index is -1.49. The van der Waals surface area contributed by atoms with Gasteiger partial charge >= 0.3 is 30.3 Å². The zero-order valence-corrected chi connectivity index (χ0v) is 87.9. The number of rotatable bonds is 14. The van der Waals surface area contributed by atoms with E-state index in [1.807, 2.05) is 90.0 Å². The summed E-state index contributed by atoms with van der Waals surface area (Å²) in [5.74, 6) is 1.32. The highest BCUT2D eigenvalue weighted by atomic mass is 79.9. The average molecular weight is 1920 g/mol. The van der Waals surface area contributed by atoms with E-state index in [2.05, 4.69) is 154 Å². The van der Waals surface area contributed by atoms with Crippen molar-refractivity contribution in [2.24, 2.45) is 5.41 Å². The van der Waals surface area contributed by atoms with Crippen LogP contribution < -0.4 is 36.7 Å². The summed E-state index contributed by atoms with van der Waals surface area (Å²) in [5.41, 5.74) is 45.0. The molecule has 21 nitrogen and oxygen atoms in total. The van der Waals surface area contributed by atoms with Crippen molar-refractivity contribution in [3.05, 3.63) is 252 Å². The average Bonchev–Trinajstić information content (AvgIpc) is 0.692. The Hall–Kier alpha value is -10.8. The number of methoxy groups -OCH3 is 5. The Labute approximate surface area is 790 Å². The normalized spacial score (nSPS) is 11.8. The van der Waals surface area contributed by atoms with E-state index in [9.17, 15) is 54.2 Å². The van der Waals surface area contributed by atoms with Gasteiger partial charge in [-0.1, -0.05) is 40.2 Å². The van der Waals surface area contributed by atoms with E-state index in [1.54, 1.807) is 55.1 Å². The first-order valence-electron chi connectivity index (χ1n) is 44.3. The van der Waals surface area contributed by atoms with Gasteiger partial charge in [-0.2, -0.15) is 0 Å². The van der Waals surface area contributed by atoms with Gasteiger partial charge in [0.1, 0.15) is 34.2 Å². The van der Waals surface area contributed by atoms with Gasteiger partial charge in [0.05, 0.1) is 71.8 Å². The number of nitrogen functional groups attached to an aromatic ring is 1. The molecular formula is C107H136BBr2N3O18. The summed E-state index contributed by atoms with van der Waals surface area (Å²) in [5, 5.41) is 46.5. The van der Waals surface area contributed by atoms with Crippen LogP contribution in [0, 0.1) is 220 Å². The summed E-state index contributed by atoms with van der Waals surface area (Å²) in [6, 6.07) is 4.26. The first-order chi connectivity index (χ1) is 61.0. The van der Waals surface area contributed by atoms with E-state index in [-0.39, 0.29) is 39.2 Å². The zero-order chi connectivity index (χ0) is 100. The summed E-state index contributed by atoms with van der Waals surface area (Å²) in [6.07, 6.45) is 5.57. The van der Waals surface area contributed by atoms with E-state index in [0.29, 0.717) is 84.5 Å². The molecule has 1 aliphatic rings. The molecule has 4 N–H and O–H groups in total. The minimum absolute atomic E-state index is 0.0823. The van der Waals surface area contributed by atoms with Crippen LogP contribution in [0.1, 0.15) is 261 Å². The lowest BCUT2D eigenvalue weighted by Crippen LogP contribution is -2.35. The topological polar surface area (TPSA) is 311 Å². The van der Waals surface area contributed by atoms with E-state index in [1.165, 1.54) is 115 Å². The Bertz CT molecular complexity index is 6580. The highest BCUT2D eigenvalue weighted by molar-refractivity contribution is 9.11. The maximum absolute atomic E-state index is 13.7. The van der Waals surface area contributed by atoms with Crippen LogP contribution in [0.3, 0.4) is 0 Å². The van der Waals surface area contributed by atoms with Crippen LogP contribution in [0.5, 0.6) is 17.2 Å². The van der Waals surface area contributed by atoms with Gasteiger partial charge in [0.15, 0.2) is 0 Å². The molecule has 24 heteroatoms. The van der Waals surface area contributed by atoms with Crippen LogP contribution in [0.15, 0.2) is 51.1 Å². The number of allylic oxidation sites excluding steroid dienone is 2. The number of carbonyl (C=O) groups is 3. The van der Waals surface area contributed by atoms with Gasteiger partial charge in [-0.25, -0.2) is 19.2 Å². The molecule has 0 amide bonds. The molecule has 11 aromatic rings. The fourth-order valence-corrected chi connectivity index (χ4v) is 19.5. The zero-order valence-electron chi connectivity index (χ0n) is 84.7. The number of ether oxygens (including phenoxy) is 5. The van der Waals surface area contributed by atoms with Crippen LogP contribution in [-0.4, -0.2) is 80.3 Å². The lowest BCUT2D eigenvalue weighted by Gasteiger charge is -2.41. The Morgan fingerprint density at radius 1 is 0.412 bits per heavy atom. The summed E-state index contributed by atoms with van der Waals surface area (Å²) in [6.45, 7) is 69.3. The number of carbonyl (C=O) groups excluding carboxylic acids is 3. The number of nitrogens with two attached hydrogens (primary N) is 1. The Kier molecular flexibility index (Phi) is 36.7. The van der Waals surface area contributed by atoms with Crippen LogP contribution in [0.4, 0.5) is 17.1 Å². The predicted molar refractivity (Wildman–Crippen MR) is 544 cm³/mol. The fourth-order valence-electron chi connectivity index (χ4n) is 18.2. The van der Waals surface area contributed by atoms with E-state index in [4.69, 9.17) is 33.5 Å². The smallest absolute Gasteiger partial charge is 0.492 e. The largest absolute Gasteiger partial charge is 0.497 e. The second-order valence-corrected chi connectivity index (χ2v) is 36.3. The lowest BCUT2D eigenvalue weighted by atomic mass is 9.63. The highest BCUT2D eigenvalue weighted by Gasteiger charge is 2.39. The van der Waals surface area contributed by atoms with Gasteiger partial charge in [0.2, 0.25) is 0 Å². The second kappa shape index (κ2) is 44.2. The Balaban J connectivity index is 0.000000245. The number of ketones is 1. The molecule has 0 saturated heterocycles. The van der Waals surface area contributed by atoms with Crippen LogP contribution >= 0.6 is 31.9 Å². The molecule has 0 spiro atoms. The summed E-state index contributed by atoms with van der Waals surface area (Å²) < 4.78 is 39.2. The Morgan fingerprint density at radius 3 is 1.21 bits per heavy atom. The summed E-state index contributed by atoms with van der Waals surface area (Å²) in [7, 11) is 5.85. The number of hydrogen-bond acceptors (Lipinski definition) is 19. The predicted octanol–water partition coefficient (Wildman–Crippen LogP) is 26.1. The molecule has 0 saturated carbocycles. The van der Waals surface area contributed by atoms with E-state index in [0.717, 1.165) is 141 Å². The molecule has 0 aliphatic heterocycles. The maximum Gasteiger partial charge on any atom is 0.492 e. The van der Waals surface area contributed by atoms with Crippen molar-refractivity contribution >= 4 is 128 Å². The van der Waals surface area contributed by atoms with Gasteiger partial charge in [-0.3, -0.25) is 25.0 Å². The van der Waals surface area contributed by atoms with E-state index >= 15 is 0 Å². The number of halogens is 2. The van der Waals surface area contributed by atoms with Crippen LogP contribution in [-0.2, 0) is 20.7 Å². The monoisotopic (exact) mass is 1920 g/mol. The number of hydrogen-bond donors (Lipinski definition) is 3. The molecule has 0 bridgehead atoms. The molecule has 0 fully saturated rings. The van der Waals surface area contributed by atoms with Gasteiger partial charge in [0, 0.05) is 84.4 Å². The van der Waals surface area contributed by atoms with Crippen LogP contribution in [0.25, 0.3) is 60.2 Å². The first kappa shape index (κ1) is 109. The number of anilines is 1. The number of fused-ring (bicyclic) bond motifs is 8. The maximum atomic E-state index is 13.7. The molecule has 131 heavy (non-hydrogen) atoms. The molecule has 0 unspecified atom stereocenters. The fraction of sp³-hybridized carbons (Fsp3) is 0.430. The number of aryl methyl sites for hydroxylation is 6. The van der Waals surface area contributed by atoms with Crippen molar-refractivity contribution in [3.63, 3.8) is 0 Å². The molecule has 0 radical (unpaired) electrons. The quantitative estimate of drug-likeness (QED) is 0.0173. The van der Waals surface area contributed by atoms with Crippen molar-refractivity contribution in [1.29, 1.82) is 0 Å². The number of Topliss-reactive ketones (excluding diaryl/α,β-unsaturated/α-hetero) is 1. The third-order valence-electron chi connectivity index (χ3n) is 29.1. The Morgan fingerprint density at radius 2 is 0.779 bits per heavy atom. The molecular weight excluding hydrogens is 1790 g/mol. The van der Waals surface area contributed by atoms with Gasteiger partial charge in [0.25, 0.3) is 11.4 Å². The standard InChI is InChI=1S/C30H38O2.C21H25NO5.C19H21NO2.C11H17BO3.C11H15BrO.C10H10BrNO4.C5H10O/c1-11-22-21(10)30(12-2,13-3)14-23-17(6)19(8)24-25-18(7)15(4)16(5)20(9)28(25)32-29(31)27(24)26(22)23;1-10-11(2)15(6)20(26-7)19(13(10)4)18-14(5)12(3)17(22(24)25)9-16(18)21(23)27-8;1-8-9(2)13(6)18-17(11(8)4)16-12(5)10(3)15(20)7-14(16)19(21)22-18;1-6-7(2)9(4)11(15-5)10(8(6)3)12(13)14;1-6-7(2)9(4)11(13-5)10(12)8(6)3;1-5-6(2)9(11)7(10(13)16-3)4-8(5)12(14)15;1-3-5(6)4-2/h11-14H2,1-10H3;9H,1-8H3;7H,20H2,1-6H3;13-14H,1-5H3;1-5H3;4H,1-3H3;3-4H2,1-2H3. The van der Waals surface area contributed by atoms with Crippen molar-refractivity contribution in [1.82, 2.24) is 0 Å². The van der Waals surface area contributed by atoms with Gasteiger partial charge < -0.3 is 48.3 Å². The van der Waals surface area contributed by atoms with Crippen molar-refractivity contribution in [3.8, 4) is 28.4 Å². The molecule has 2 heterocycles. The van der Waals surface area contributed by atoms with E-state index < -0.39 is 28.9 Å². The molecule has 12 rings (SSSR count).